The average molecular weight is 319 g/mol. The molecule has 0 atom stereocenters. The summed E-state index contributed by atoms with van der Waals surface area (Å²) in [6, 6.07) is 4.91. The first-order valence-electron chi connectivity index (χ1n) is 7.61. The molecule has 23 heavy (non-hydrogen) atoms. The monoisotopic (exact) mass is 319 g/mol. The number of methoxy groups -OCH3 is 1. The molecule has 0 bridgehead atoms. The van der Waals surface area contributed by atoms with Crippen molar-refractivity contribution in [3.8, 4) is 11.5 Å². The van der Waals surface area contributed by atoms with Gasteiger partial charge in [-0.3, -0.25) is 9.59 Å². The highest BCUT2D eigenvalue weighted by molar-refractivity contribution is 6.35. The van der Waals surface area contributed by atoms with Crippen molar-refractivity contribution in [2.24, 2.45) is 5.10 Å². The summed E-state index contributed by atoms with van der Waals surface area (Å²) in [5.74, 6) is -1.11. The summed E-state index contributed by atoms with van der Waals surface area (Å²) in [6.07, 6.45) is 5.27. The number of hydrogen-bond acceptors (Lipinski definition) is 5. The lowest BCUT2D eigenvalue weighted by atomic mass is 10.2. The third kappa shape index (κ3) is 4.45. The zero-order valence-corrected chi connectivity index (χ0v) is 13.1. The number of phenols is 1. The van der Waals surface area contributed by atoms with Gasteiger partial charge >= 0.3 is 11.8 Å². The van der Waals surface area contributed by atoms with Gasteiger partial charge in [0.25, 0.3) is 0 Å². The Bertz CT molecular complexity index is 593. The van der Waals surface area contributed by atoms with Gasteiger partial charge in [0.15, 0.2) is 11.5 Å². The van der Waals surface area contributed by atoms with E-state index in [-0.39, 0.29) is 5.75 Å². The van der Waals surface area contributed by atoms with E-state index in [2.05, 4.69) is 10.5 Å². The van der Waals surface area contributed by atoms with E-state index < -0.39 is 11.8 Å². The van der Waals surface area contributed by atoms with Crippen LogP contribution >= 0.6 is 0 Å². The van der Waals surface area contributed by atoms with E-state index in [4.69, 9.17) is 4.74 Å². The second-order valence-electron chi connectivity index (χ2n) is 5.30. The van der Waals surface area contributed by atoms with E-state index >= 15 is 0 Å². The van der Waals surface area contributed by atoms with Crippen LogP contribution in [0.4, 0.5) is 0 Å². The summed E-state index contributed by atoms with van der Waals surface area (Å²) in [7, 11) is 1.44. The van der Waals surface area contributed by atoms with Crippen LogP contribution in [0.2, 0.25) is 0 Å². The molecule has 0 radical (unpaired) electrons. The highest BCUT2D eigenvalue weighted by atomic mass is 16.5. The molecule has 0 aromatic heterocycles. The van der Waals surface area contributed by atoms with Crippen molar-refractivity contribution in [1.29, 1.82) is 0 Å². The minimum atomic E-state index is -0.773. The number of hydrogen-bond donors (Lipinski definition) is 2. The van der Waals surface area contributed by atoms with E-state index in [1.165, 1.54) is 13.3 Å². The Hall–Kier alpha value is -2.57. The van der Waals surface area contributed by atoms with Crippen LogP contribution in [0.1, 0.15) is 31.2 Å². The zero-order chi connectivity index (χ0) is 16.7. The molecule has 1 heterocycles. The lowest BCUT2D eigenvalue weighted by Crippen LogP contribution is -2.41. The molecule has 0 unspecified atom stereocenters. The summed E-state index contributed by atoms with van der Waals surface area (Å²) in [5.41, 5.74) is 2.58. The van der Waals surface area contributed by atoms with Gasteiger partial charge in [0.1, 0.15) is 0 Å². The highest BCUT2D eigenvalue weighted by Crippen LogP contribution is 2.27. The number of aromatic hydroxyl groups is 1. The predicted molar refractivity (Wildman–Crippen MR) is 85.4 cm³/mol. The van der Waals surface area contributed by atoms with Crippen LogP contribution in [0.3, 0.4) is 0 Å². The summed E-state index contributed by atoms with van der Waals surface area (Å²) < 4.78 is 4.98. The van der Waals surface area contributed by atoms with Crippen molar-refractivity contribution in [2.45, 2.75) is 25.7 Å². The van der Waals surface area contributed by atoms with Gasteiger partial charge in [0, 0.05) is 18.7 Å². The second kappa shape index (κ2) is 8.17. The number of nitrogens with one attached hydrogen (secondary N) is 1. The SMILES string of the molecule is COc1cccc(C=NNC(=O)C(=O)N2CCCCCC2)c1O. The summed E-state index contributed by atoms with van der Waals surface area (Å²) >= 11 is 0. The van der Waals surface area contributed by atoms with Crippen molar-refractivity contribution < 1.29 is 19.4 Å². The van der Waals surface area contributed by atoms with Gasteiger partial charge < -0.3 is 14.7 Å². The van der Waals surface area contributed by atoms with Crippen LogP contribution in [-0.4, -0.2) is 48.2 Å². The fourth-order valence-corrected chi connectivity index (χ4v) is 2.43. The topological polar surface area (TPSA) is 91.2 Å². The zero-order valence-electron chi connectivity index (χ0n) is 13.1. The average Bonchev–Trinajstić information content (AvgIpc) is 2.85. The van der Waals surface area contributed by atoms with Crippen LogP contribution in [0.5, 0.6) is 11.5 Å². The molecule has 1 aromatic carbocycles. The van der Waals surface area contributed by atoms with Crippen LogP contribution in [0, 0.1) is 0 Å². The molecule has 0 saturated carbocycles. The quantitative estimate of drug-likeness (QED) is 0.498. The van der Waals surface area contributed by atoms with Crippen molar-refractivity contribution >= 4 is 18.0 Å². The van der Waals surface area contributed by atoms with Gasteiger partial charge in [-0.15, -0.1) is 0 Å². The Kier molecular flexibility index (Phi) is 5.96. The molecule has 0 spiro atoms. The number of ether oxygens (including phenoxy) is 1. The maximum atomic E-state index is 12.0. The van der Waals surface area contributed by atoms with Crippen LogP contribution in [0.15, 0.2) is 23.3 Å². The highest BCUT2D eigenvalue weighted by Gasteiger charge is 2.22. The molecule has 124 valence electrons. The maximum Gasteiger partial charge on any atom is 0.329 e. The molecule has 1 aliphatic heterocycles. The number of carbonyl (C=O) groups is 2. The Morgan fingerprint density at radius 3 is 2.61 bits per heavy atom. The summed E-state index contributed by atoms with van der Waals surface area (Å²) in [6.45, 7) is 1.21. The van der Waals surface area contributed by atoms with Crippen LogP contribution in [0.25, 0.3) is 0 Å². The van der Waals surface area contributed by atoms with E-state index in [9.17, 15) is 14.7 Å². The Morgan fingerprint density at radius 2 is 1.96 bits per heavy atom. The minimum absolute atomic E-state index is 0.0770. The number of benzene rings is 1. The number of para-hydroxylation sites is 1. The normalized spacial score (nSPS) is 15.3. The minimum Gasteiger partial charge on any atom is -0.504 e. The molecule has 2 N–H and O–H groups in total. The molecule has 7 heteroatoms. The Balaban J connectivity index is 1.94. The van der Waals surface area contributed by atoms with Crippen molar-refractivity contribution in [1.82, 2.24) is 10.3 Å². The first-order valence-corrected chi connectivity index (χ1v) is 7.61. The molecule has 0 aliphatic carbocycles. The van der Waals surface area contributed by atoms with Gasteiger partial charge in [0.2, 0.25) is 0 Å². The summed E-state index contributed by atoms with van der Waals surface area (Å²) in [5, 5.41) is 13.6. The predicted octanol–water partition coefficient (Wildman–Crippen LogP) is 1.25. The van der Waals surface area contributed by atoms with Crippen molar-refractivity contribution in [2.75, 3.05) is 20.2 Å². The van der Waals surface area contributed by atoms with Gasteiger partial charge in [-0.05, 0) is 25.0 Å². The fourth-order valence-electron chi connectivity index (χ4n) is 2.43. The number of carbonyl (C=O) groups excluding carboxylic acids is 2. The number of amides is 2. The third-order valence-corrected chi connectivity index (χ3v) is 3.71. The summed E-state index contributed by atoms with van der Waals surface area (Å²) in [4.78, 5) is 25.4. The molecular formula is C16H21N3O4. The van der Waals surface area contributed by atoms with Crippen LogP contribution in [-0.2, 0) is 9.59 Å². The molecule has 2 amide bonds. The van der Waals surface area contributed by atoms with Gasteiger partial charge in [-0.25, -0.2) is 5.43 Å². The van der Waals surface area contributed by atoms with E-state index in [1.54, 1.807) is 23.1 Å². The van der Waals surface area contributed by atoms with E-state index in [1.807, 2.05) is 0 Å². The number of hydrazone groups is 1. The second-order valence-corrected chi connectivity index (χ2v) is 5.30. The third-order valence-electron chi connectivity index (χ3n) is 3.71. The molecule has 1 fully saturated rings. The lowest BCUT2D eigenvalue weighted by molar-refractivity contribution is -0.145. The maximum absolute atomic E-state index is 12.0. The van der Waals surface area contributed by atoms with Crippen LogP contribution < -0.4 is 10.2 Å². The first-order chi connectivity index (χ1) is 11.1. The molecule has 2 rings (SSSR count). The van der Waals surface area contributed by atoms with Gasteiger partial charge in [-0.2, -0.15) is 5.10 Å². The van der Waals surface area contributed by atoms with E-state index in [0.29, 0.717) is 24.4 Å². The standard InChI is InChI=1S/C16H21N3O4/c1-23-13-8-6-7-12(14(13)20)11-17-18-15(21)16(22)19-9-4-2-3-5-10-19/h6-8,11,20H,2-5,9-10H2,1H3,(H,18,21). The Labute approximate surface area is 134 Å². The smallest absolute Gasteiger partial charge is 0.329 e. The molecule has 1 saturated heterocycles. The molecular weight excluding hydrogens is 298 g/mol. The van der Waals surface area contributed by atoms with Gasteiger partial charge in [0.05, 0.1) is 13.3 Å². The number of phenolic OH excluding ortho intramolecular Hbond substituents is 1. The van der Waals surface area contributed by atoms with Crippen molar-refractivity contribution in [3.63, 3.8) is 0 Å². The molecule has 1 aromatic rings. The number of nitrogens with zero attached hydrogens (tertiary/aromatic N) is 2. The van der Waals surface area contributed by atoms with Crippen molar-refractivity contribution in [3.05, 3.63) is 23.8 Å². The van der Waals surface area contributed by atoms with E-state index in [0.717, 1.165) is 25.7 Å². The number of rotatable bonds is 3. The molecule has 7 nitrogen and oxygen atoms in total. The lowest BCUT2D eigenvalue weighted by Gasteiger charge is -2.18. The molecule has 1 aliphatic rings. The first kappa shape index (κ1) is 16.8. The Morgan fingerprint density at radius 1 is 1.26 bits per heavy atom. The fraction of sp³-hybridized carbons (Fsp3) is 0.438. The van der Waals surface area contributed by atoms with Gasteiger partial charge in [-0.1, -0.05) is 18.9 Å². The largest absolute Gasteiger partial charge is 0.504 e. The number of likely N-dealkylation sites (tertiary alicyclic amines) is 1.